The average molecular weight is 820 g/mol. The van der Waals surface area contributed by atoms with Gasteiger partial charge in [-0.1, -0.05) is 200 Å². The van der Waals surface area contributed by atoms with Crippen LogP contribution in [0.15, 0.2) is 249 Å². The minimum atomic E-state index is -0.462. The van der Waals surface area contributed by atoms with Crippen molar-refractivity contribution in [3.8, 4) is 43.8 Å². The first kappa shape index (κ1) is 37.0. The largest absolute Gasteiger partial charge is 0.310 e. The van der Waals surface area contributed by atoms with Crippen molar-refractivity contribution < 1.29 is 0 Å². The normalized spacial score (nSPS) is 12.6. The Kier molecular flexibility index (Phi) is 8.98. The van der Waals surface area contributed by atoms with Gasteiger partial charge in [-0.2, -0.15) is 0 Å². The molecule has 0 atom stereocenters. The van der Waals surface area contributed by atoms with Crippen molar-refractivity contribution in [3.05, 3.63) is 271 Å². The summed E-state index contributed by atoms with van der Waals surface area (Å²) in [5.41, 5.74) is 16.8. The number of thiophene rings is 1. The van der Waals surface area contributed by atoms with E-state index in [1.54, 1.807) is 0 Å². The first-order valence-electron chi connectivity index (χ1n) is 21.7. The van der Waals surface area contributed by atoms with Crippen LogP contribution in [0.2, 0.25) is 0 Å². The summed E-state index contributed by atoms with van der Waals surface area (Å²) in [6, 6.07) is 91.2. The first-order chi connectivity index (χ1) is 31.2. The van der Waals surface area contributed by atoms with Crippen LogP contribution >= 0.6 is 11.3 Å². The predicted octanol–water partition coefficient (Wildman–Crippen LogP) is 16.9. The number of hydrogen-bond acceptors (Lipinski definition) is 2. The third kappa shape index (κ3) is 6.14. The molecule has 1 aromatic heterocycles. The molecule has 1 aliphatic rings. The van der Waals surface area contributed by atoms with Gasteiger partial charge in [-0.25, -0.2) is 0 Å². The van der Waals surface area contributed by atoms with E-state index in [4.69, 9.17) is 0 Å². The quantitative estimate of drug-likeness (QED) is 0.148. The fraction of sp³-hybridized carbons (Fsp3) is 0.0164. The molecule has 63 heavy (non-hydrogen) atoms. The smallest absolute Gasteiger partial charge is 0.0728 e. The van der Waals surface area contributed by atoms with Crippen LogP contribution in [0.5, 0.6) is 0 Å². The van der Waals surface area contributed by atoms with Crippen LogP contribution < -0.4 is 4.90 Å². The van der Waals surface area contributed by atoms with Crippen molar-refractivity contribution in [1.82, 2.24) is 0 Å². The van der Waals surface area contributed by atoms with Crippen LogP contribution in [0.4, 0.5) is 17.1 Å². The summed E-state index contributed by atoms with van der Waals surface area (Å²) in [5.74, 6) is 0. The molecule has 12 rings (SSSR count). The number of rotatable bonds is 8. The zero-order valence-electron chi connectivity index (χ0n) is 34.5. The fourth-order valence-corrected chi connectivity index (χ4v) is 11.4. The second kappa shape index (κ2) is 15.3. The van der Waals surface area contributed by atoms with Crippen LogP contribution in [-0.2, 0) is 5.41 Å². The molecule has 0 radical (unpaired) electrons. The molecule has 0 N–H and O–H groups in total. The van der Waals surface area contributed by atoms with E-state index in [1.165, 1.54) is 86.9 Å². The molecular formula is C61H41NS. The van der Waals surface area contributed by atoms with Crippen LogP contribution in [-0.4, -0.2) is 0 Å². The van der Waals surface area contributed by atoms with Gasteiger partial charge in [-0.05, 0) is 120 Å². The minimum Gasteiger partial charge on any atom is -0.310 e. The Morgan fingerprint density at radius 3 is 1.43 bits per heavy atom. The van der Waals surface area contributed by atoms with Gasteiger partial charge in [-0.15, -0.1) is 11.3 Å². The highest BCUT2D eigenvalue weighted by Gasteiger charge is 2.49. The van der Waals surface area contributed by atoms with E-state index in [1.807, 2.05) is 11.3 Å². The SMILES string of the molecule is c1ccc(-c2ccc(N(c3ccc(-c4ccccc4)cc3)c3ccc4cc(-c5cccc6c5-c5sc7ccccc7c5C6(c5ccccc5)c5ccccc5)ccc4c3)cc2)cc1. The minimum absolute atomic E-state index is 0.462. The first-order valence-corrected chi connectivity index (χ1v) is 22.5. The maximum absolute atomic E-state index is 2.39. The summed E-state index contributed by atoms with van der Waals surface area (Å²) in [6.07, 6.45) is 0. The van der Waals surface area contributed by atoms with Crippen molar-refractivity contribution >= 4 is 49.3 Å². The Morgan fingerprint density at radius 1 is 0.349 bits per heavy atom. The summed E-state index contributed by atoms with van der Waals surface area (Å²) >= 11 is 1.93. The molecule has 0 fully saturated rings. The van der Waals surface area contributed by atoms with Crippen molar-refractivity contribution in [2.45, 2.75) is 5.41 Å². The number of hydrogen-bond donors (Lipinski definition) is 0. The molecule has 0 saturated carbocycles. The molecule has 0 amide bonds. The second-order valence-corrected chi connectivity index (χ2v) is 17.5. The Hall–Kier alpha value is -7.78. The van der Waals surface area contributed by atoms with Gasteiger partial charge in [0.25, 0.3) is 0 Å². The number of anilines is 3. The number of fused-ring (bicyclic) bond motifs is 6. The molecule has 11 aromatic rings. The standard InChI is InChI=1S/C61H41NS/c1-5-16-42(17-6-1)44-30-35-51(36-31-44)62(52-37-32-45(33-38-52)43-18-7-2-8-19-43)53-39-34-46-40-48(29-28-47(46)41-53)54-25-15-26-56-58(54)60-59(55-24-13-14-27-57(55)63-60)61(56,49-20-9-3-10-21-49)50-22-11-4-12-23-50/h1-41H. The molecule has 0 unspecified atom stereocenters. The molecule has 2 heteroatoms. The van der Waals surface area contributed by atoms with Crippen molar-refractivity contribution in [1.29, 1.82) is 0 Å². The van der Waals surface area contributed by atoms with E-state index in [2.05, 4.69) is 254 Å². The molecular weight excluding hydrogens is 779 g/mol. The molecule has 0 saturated heterocycles. The van der Waals surface area contributed by atoms with Crippen LogP contribution in [0.3, 0.4) is 0 Å². The average Bonchev–Trinajstić information content (AvgIpc) is 3.89. The van der Waals surface area contributed by atoms with Gasteiger partial charge in [0, 0.05) is 32.2 Å². The predicted molar refractivity (Wildman–Crippen MR) is 268 cm³/mol. The van der Waals surface area contributed by atoms with E-state index in [0.29, 0.717) is 0 Å². The van der Waals surface area contributed by atoms with Crippen LogP contribution in [0.1, 0.15) is 22.3 Å². The van der Waals surface area contributed by atoms with Gasteiger partial charge >= 0.3 is 0 Å². The zero-order chi connectivity index (χ0) is 41.7. The van der Waals surface area contributed by atoms with Gasteiger partial charge < -0.3 is 4.90 Å². The van der Waals surface area contributed by atoms with Crippen molar-refractivity contribution in [3.63, 3.8) is 0 Å². The van der Waals surface area contributed by atoms with E-state index in [0.717, 1.165) is 17.1 Å². The lowest BCUT2D eigenvalue weighted by Gasteiger charge is -2.34. The maximum atomic E-state index is 2.39. The summed E-state index contributed by atoms with van der Waals surface area (Å²) in [5, 5.41) is 3.73. The lowest BCUT2D eigenvalue weighted by atomic mass is 9.67. The van der Waals surface area contributed by atoms with E-state index >= 15 is 0 Å². The Bertz CT molecular complexity index is 3290. The molecule has 1 aliphatic carbocycles. The van der Waals surface area contributed by atoms with Gasteiger partial charge in [0.1, 0.15) is 0 Å². The highest BCUT2D eigenvalue weighted by Crippen LogP contribution is 2.62. The third-order valence-electron chi connectivity index (χ3n) is 12.9. The summed E-state index contributed by atoms with van der Waals surface area (Å²) in [4.78, 5) is 3.73. The van der Waals surface area contributed by atoms with Gasteiger partial charge in [0.05, 0.1) is 5.41 Å². The summed E-state index contributed by atoms with van der Waals surface area (Å²) < 4.78 is 1.32. The second-order valence-electron chi connectivity index (χ2n) is 16.4. The molecule has 1 nitrogen and oxygen atoms in total. The maximum Gasteiger partial charge on any atom is 0.0728 e. The molecule has 0 aliphatic heterocycles. The van der Waals surface area contributed by atoms with Crippen molar-refractivity contribution in [2.75, 3.05) is 4.90 Å². The van der Waals surface area contributed by atoms with E-state index < -0.39 is 5.41 Å². The molecule has 1 heterocycles. The summed E-state index contributed by atoms with van der Waals surface area (Å²) in [7, 11) is 0. The molecule has 10 aromatic carbocycles. The summed E-state index contributed by atoms with van der Waals surface area (Å²) in [6.45, 7) is 0. The lowest BCUT2D eigenvalue weighted by molar-refractivity contribution is 0.777. The Labute approximate surface area is 372 Å². The topological polar surface area (TPSA) is 3.24 Å². The fourth-order valence-electron chi connectivity index (χ4n) is 10.1. The van der Waals surface area contributed by atoms with Gasteiger partial charge in [0.15, 0.2) is 0 Å². The number of benzene rings is 10. The zero-order valence-corrected chi connectivity index (χ0v) is 35.3. The van der Waals surface area contributed by atoms with Gasteiger partial charge in [0.2, 0.25) is 0 Å². The lowest BCUT2D eigenvalue weighted by Crippen LogP contribution is -2.28. The Balaban J connectivity index is 0.992. The van der Waals surface area contributed by atoms with E-state index in [9.17, 15) is 0 Å². The third-order valence-corrected chi connectivity index (χ3v) is 14.1. The highest BCUT2D eigenvalue weighted by molar-refractivity contribution is 7.22. The van der Waals surface area contributed by atoms with Gasteiger partial charge in [-0.3, -0.25) is 0 Å². The highest BCUT2D eigenvalue weighted by atomic mass is 32.1. The van der Waals surface area contributed by atoms with Crippen LogP contribution in [0.25, 0.3) is 64.7 Å². The molecule has 296 valence electrons. The number of nitrogens with zero attached hydrogens (tertiary/aromatic N) is 1. The molecule has 0 bridgehead atoms. The monoisotopic (exact) mass is 819 g/mol. The van der Waals surface area contributed by atoms with Crippen LogP contribution in [0, 0.1) is 0 Å². The molecule has 0 spiro atoms. The van der Waals surface area contributed by atoms with E-state index in [-0.39, 0.29) is 0 Å². The van der Waals surface area contributed by atoms with Crippen molar-refractivity contribution in [2.24, 2.45) is 0 Å². The Morgan fingerprint density at radius 2 is 0.825 bits per heavy atom.